The molecule has 6 heteroatoms. The lowest BCUT2D eigenvalue weighted by Crippen LogP contribution is -2.23. The van der Waals surface area contributed by atoms with E-state index in [-0.39, 0.29) is 5.91 Å². The molecule has 0 saturated heterocycles. The molecule has 0 atom stereocenters. The monoisotopic (exact) mass is 447 g/mol. The van der Waals surface area contributed by atoms with Gasteiger partial charge in [0.1, 0.15) is 5.69 Å². The molecule has 0 fully saturated rings. The van der Waals surface area contributed by atoms with E-state index in [1.165, 1.54) is 0 Å². The summed E-state index contributed by atoms with van der Waals surface area (Å²) >= 11 is 0. The van der Waals surface area contributed by atoms with Gasteiger partial charge in [0.25, 0.3) is 5.91 Å². The Morgan fingerprint density at radius 3 is 2.32 bits per heavy atom. The van der Waals surface area contributed by atoms with E-state index in [2.05, 4.69) is 34.6 Å². The van der Waals surface area contributed by atoms with E-state index in [0.29, 0.717) is 24.3 Å². The van der Waals surface area contributed by atoms with Crippen LogP contribution in [0, 0.1) is 0 Å². The molecule has 0 radical (unpaired) electrons. The zero-order valence-corrected chi connectivity index (χ0v) is 18.7. The van der Waals surface area contributed by atoms with Gasteiger partial charge in [-0.1, -0.05) is 84.9 Å². The van der Waals surface area contributed by atoms with Crippen LogP contribution in [-0.2, 0) is 19.6 Å². The van der Waals surface area contributed by atoms with Gasteiger partial charge in [-0.3, -0.25) is 9.48 Å². The first-order chi connectivity index (χ1) is 16.7. The number of imidazole rings is 1. The highest BCUT2D eigenvalue weighted by atomic mass is 16.1. The summed E-state index contributed by atoms with van der Waals surface area (Å²) in [4.78, 5) is 17.3. The predicted molar refractivity (Wildman–Crippen MR) is 132 cm³/mol. The van der Waals surface area contributed by atoms with Gasteiger partial charge in [-0.05, 0) is 16.7 Å². The second-order valence-electron chi connectivity index (χ2n) is 8.18. The third-order valence-corrected chi connectivity index (χ3v) is 5.61. The van der Waals surface area contributed by atoms with Crippen molar-refractivity contribution in [2.24, 2.45) is 0 Å². The van der Waals surface area contributed by atoms with Gasteiger partial charge < -0.3 is 9.88 Å². The first kappa shape index (κ1) is 21.4. The summed E-state index contributed by atoms with van der Waals surface area (Å²) in [7, 11) is 0. The molecule has 0 unspecified atom stereocenters. The van der Waals surface area contributed by atoms with Crippen molar-refractivity contribution >= 4 is 5.91 Å². The average Bonchev–Trinajstić information content (AvgIpc) is 3.54. The first-order valence-electron chi connectivity index (χ1n) is 11.2. The third-order valence-electron chi connectivity index (χ3n) is 5.61. The normalized spacial score (nSPS) is 10.8. The van der Waals surface area contributed by atoms with Crippen molar-refractivity contribution in [3.63, 3.8) is 0 Å². The average molecular weight is 448 g/mol. The van der Waals surface area contributed by atoms with E-state index in [1.54, 1.807) is 12.5 Å². The largest absolute Gasteiger partial charge is 0.348 e. The standard InChI is InChI=1S/C28H25N5O/c34-28(30-17-23-10-7-11-24(16-23)18-32-15-14-29-21-32)26-20-33(19-22-8-3-1-4-9-22)31-27(26)25-12-5-2-6-13-25/h1-16,20-21H,17-19H2,(H,30,34). The zero-order valence-electron chi connectivity index (χ0n) is 18.7. The maximum Gasteiger partial charge on any atom is 0.255 e. The molecule has 2 aromatic heterocycles. The van der Waals surface area contributed by atoms with Crippen LogP contribution in [0.2, 0.25) is 0 Å². The van der Waals surface area contributed by atoms with Crippen LogP contribution in [0.5, 0.6) is 0 Å². The molecule has 6 nitrogen and oxygen atoms in total. The Balaban J connectivity index is 1.34. The van der Waals surface area contributed by atoms with Crippen molar-refractivity contribution in [2.75, 3.05) is 0 Å². The molecule has 0 aliphatic heterocycles. The lowest BCUT2D eigenvalue weighted by molar-refractivity contribution is 0.0951. The number of rotatable bonds is 8. The number of nitrogens with one attached hydrogen (secondary N) is 1. The van der Waals surface area contributed by atoms with Gasteiger partial charge in [-0.25, -0.2) is 4.98 Å². The topological polar surface area (TPSA) is 64.7 Å². The molecule has 0 spiro atoms. The van der Waals surface area contributed by atoms with E-state index in [1.807, 2.05) is 82.3 Å². The molecule has 0 aliphatic rings. The van der Waals surface area contributed by atoms with Crippen molar-refractivity contribution in [1.82, 2.24) is 24.6 Å². The molecule has 3 aromatic carbocycles. The number of carbonyl (C=O) groups is 1. The molecule has 0 saturated carbocycles. The Morgan fingerprint density at radius 1 is 0.824 bits per heavy atom. The molecule has 2 heterocycles. The molecule has 168 valence electrons. The smallest absolute Gasteiger partial charge is 0.255 e. The van der Waals surface area contributed by atoms with Crippen LogP contribution in [0.25, 0.3) is 11.3 Å². The van der Waals surface area contributed by atoms with Crippen LogP contribution in [0.1, 0.15) is 27.0 Å². The quantitative estimate of drug-likeness (QED) is 0.373. The maximum atomic E-state index is 13.2. The van der Waals surface area contributed by atoms with Gasteiger partial charge in [0.15, 0.2) is 0 Å². The van der Waals surface area contributed by atoms with Gasteiger partial charge in [-0.2, -0.15) is 5.10 Å². The fourth-order valence-electron chi connectivity index (χ4n) is 3.95. The van der Waals surface area contributed by atoms with E-state index < -0.39 is 0 Å². The minimum atomic E-state index is -0.141. The summed E-state index contributed by atoms with van der Waals surface area (Å²) < 4.78 is 3.85. The second kappa shape index (κ2) is 10.0. The van der Waals surface area contributed by atoms with Gasteiger partial charge >= 0.3 is 0 Å². The van der Waals surface area contributed by atoms with Crippen LogP contribution in [0.4, 0.5) is 0 Å². The van der Waals surface area contributed by atoms with E-state index in [9.17, 15) is 4.79 Å². The Bertz CT molecular complexity index is 1360. The molecular weight excluding hydrogens is 422 g/mol. The Morgan fingerprint density at radius 2 is 1.56 bits per heavy atom. The molecule has 5 aromatic rings. The van der Waals surface area contributed by atoms with Crippen LogP contribution in [0.15, 0.2) is 110 Å². The number of hydrogen-bond acceptors (Lipinski definition) is 3. The van der Waals surface area contributed by atoms with Crippen molar-refractivity contribution in [2.45, 2.75) is 19.6 Å². The minimum absolute atomic E-state index is 0.141. The predicted octanol–water partition coefficient (Wildman–Crippen LogP) is 4.77. The number of aromatic nitrogens is 4. The van der Waals surface area contributed by atoms with Crippen molar-refractivity contribution in [3.05, 3.63) is 132 Å². The maximum absolute atomic E-state index is 13.2. The van der Waals surface area contributed by atoms with Gasteiger partial charge in [0, 0.05) is 37.2 Å². The highest BCUT2D eigenvalue weighted by molar-refractivity contribution is 5.99. The summed E-state index contributed by atoms with van der Waals surface area (Å²) in [5, 5.41) is 7.83. The molecule has 1 N–H and O–H groups in total. The number of amides is 1. The Kier molecular flexibility index (Phi) is 6.29. The van der Waals surface area contributed by atoms with E-state index in [0.717, 1.165) is 28.8 Å². The summed E-state index contributed by atoms with van der Waals surface area (Å²) in [6.45, 7) is 1.78. The van der Waals surface area contributed by atoms with Crippen molar-refractivity contribution in [3.8, 4) is 11.3 Å². The summed E-state index contributed by atoms with van der Waals surface area (Å²) in [5.41, 5.74) is 5.50. The molecule has 1 amide bonds. The number of hydrogen-bond donors (Lipinski definition) is 1. The summed E-state index contributed by atoms with van der Waals surface area (Å²) in [6.07, 6.45) is 7.34. The van der Waals surface area contributed by atoms with Crippen molar-refractivity contribution < 1.29 is 4.79 Å². The van der Waals surface area contributed by atoms with Crippen molar-refractivity contribution in [1.29, 1.82) is 0 Å². The van der Waals surface area contributed by atoms with Crippen LogP contribution >= 0.6 is 0 Å². The summed E-state index contributed by atoms with van der Waals surface area (Å²) in [5.74, 6) is -0.141. The van der Waals surface area contributed by atoms with E-state index >= 15 is 0 Å². The van der Waals surface area contributed by atoms with E-state index in [4.69, 9.17) is 5.10 Å². The number of benzene rings is 3. The first-order valence-corrected chi connectivity index (χ1v) is 11.2. The highest BCUT2D eigenvalue weighted by Crippen LogP contribution is 2.22. The lowest BCUT2D eigenvalue weighted by atomic mass is 10.1. The SMILES string of the molecule is O=C(NCc1cccc(Cn2ccnc2)c1)c1cn(Cc2ccccc2)nc1-c1ccccc1. The lowest BCUT2D eigenvalue weighted by Gasteiger charge is -2.08. The highest BCUT2D eigenvalue weighted by Gasteiger charge is 2.18. The van der Waals surface area contributed by atoms with Crippen LogP contribution in [0.3, 0.4) is 0 Å². The van der Waals surface area contributed by atoms with Gasteiger partial charge in [0.05, 0.1) is 18.4 Å². The number of carbonyl (C=O) groups excluding carboxylic acids is 1. The molecule has 0 aliphatic carbocycles. The Hall–Kier alpha value is -4.45. The summed E-state index contributed by atoms with van der Waals surface area (Å²) in [6, 6.07) is 28.2. The van der Waals surface area contributed by atoms with Crippen LogP contribution < -0.4 is 5.32 Å². The fourth-order valence-corrected chi connectivity index (χ4v) is 3.95. The van der Waals surface area contributed by atoms with Gasteiger partial charge in [-0.15, -0.1) is 0 Å². The number of nitrogens with zero attached hydrogens (tertiary/aromatic N) is 4. The molecule has 34 heavy (non-hydrogen) atoms. The molecule has 0 bridgehead atoms. The third kappa shape index (κ3) is 5.13. The van der Waals surface area contributed by atoms with Gasteiger partial charge in [0.2, 0.25) is 0 Å². The molecular formula is C28H25N5O. The Labute approximate surface area is 198 Å². The zero-order chi connectivity index (χ0) is 23.2. The second-order valence-corrected chi connectivity index (χ2v) is 8.18. The van der Waals surface area contributed by atoms with Crippen LogP contribution in [-0.4, -0.2) is 25.2 Å². The molecule has 5 rings (SSSR count). The fraction of sp³-hybridized carbons (Fsp3) is 0.107. The minimum Gasteiger partial charge on any atom is -0.348 e.